The SMILES string of the molecule is Nc1cccc(/C=C/C(=O)c2cccc(N)c2)c1. The third-order valence-corrected chi connectivity index (χ3v) is 2.51. The Morgan fingerprint density at radius 3 is 2.28 bits per heavy atom. The fraction of sp³-hybridized carbons (Fsp3) is 0. The Balaban J connectivity index is 2.17. The molecule has 0 radical (unpaired) electrons. The summed E-state index contributed by atoms with van der Waals surface area (Å²) in [6.07, 6.45) is 3.26. The van der Waals surface area contributed by atoms with Crippen LogP contribution in [0.4, 0.5) is 11.4 Å². The maximum absolute atomic E-state index is 11.9. The van der Waals surface area contributed by atoms with E-state index in [1.54, 1.807) is 36.4 Å². The van der Waals surface area contributed by atoms with Crippen molar-refractivity contribution in [2.45, 2.75) is 0 Å². The van der Waals surface area contributed by atoms with Crippen molar-refractivity contribution in [1.29, 1.82) is 0 Å². The molecule has 3 nitrogen and oxygen atoms in total. The minimum absolute atomic E-state index is 0.0790. The second kappa shape index (κ2) is 5.19. The molecule has 0 aromatic heterocycles. The maximum Gasteiger partial charge on any atom is 0.185 e. The van der Waals surface area contributed by atoms with Crippen molar-refractivity contribution < 1.29 is 4.79 Å². The highest BCUT2D eigenvalue weighted by Crippen LogP contribution is 2.11. The van der Waals surface area contributed by atoms with Crippen LogP contribution in [0.3, 0.4) is 0 Å². The second-order valence-electron chi connectivity index (χ2n) is 3.99. The van der Waals surface area contributed by atoms with Crippen molar-refractivity contribution in [2.24, 2.45) is 0 Å². The summed E-state index contributed by atoms with van der Waals surface area (Å²) in [4.78, 5) is 11.9. The first-order valence-corrected chi connectivity index (χ1v) is 5.58. The van der Waals surface area contributed by atoms with Gasteiger partial charge >= 0.3 is 0 Å². The van der Waals surface area contributed by atoms with Crippen molar-refractivity contribution in [3.63, 3.8) is 0 Å². The Morgan fingerprint density at radius 1 is 0.944 bits per heavy atom. The quantitative estimate of drug-likeness (QED) is 0.490. The number of allylic oxidation sites excluding steroid dienone is 1. The fourth-order valence-electron chi connectivity index (χ4n) is 1.62. The van der Waals surface area contributed by atoms with Gasteiger partial charge in [-0.2, -0.15) is 0 Å². The number of anilines is 2. The fourth-order valence-corrected chi connectivity index (χ4v) is 1.62. The van der Waals surface area contributed by atoms with Gasteiger partial charge in [0, 0.05) is 16.9 Å². The third kappa shape index (κ3) is 2.98. The van der Waals surface area contributed by atoms with Crippen LogP contribution in [0.25, 0.3) is 6.08 Å². The van der Waals surface area contributed by atoms with Crippen LogP contribution < -0.4 is 11.5 Å². The van der Waals surface area contributed by atoms with Crippen molar-refractivity contribution in [1.82, 2.24) is 0 Å². The lowest BCUT2D eigenvalue weighted by Gasteiger charge is -1.98. The average Bonchev–Trinajstić information content (AvgIpc) is 2.36. The Bertz CT molecular complexity index is 603. The van der Waals surface area contributed by atoms with E-state index in [2.05, 4.69) is 0 Å². The van der Waals surface area contributed by atoms with Crippen LogP contribution in [0.1, 0.15) is 15.9 Å². The van der Waals surface area contributed by atoms with Gasteiger partial charge in [0.05, 0.1) is 0 Å². The van der Waals surface area contributed by atoms with Crippen LogP contribution in [-0.2, 0) is 0 Å². The predicted octanol–water partition coefficient (Wildman–Crippen LogP) is 2.75. The van der Waals surface area contributed by atoms with E-state index in [1.165, 1.54) is 6.08 Å². The van der Waals surface area contributed by atoms with Gasteiger partial charge in [0.25, 0.3) is 0 Å². The molecule has 18 heavy (non-hydrogen) atoms. The first-order chi connectivity index (χ1) is 8.65. The minimum atomic E-state index is -0.0790. The number of carbonyl (C=O) groups excluding carboxylic acids is 1. The lowest BCUT2D eigenvalue weighted by atomic mass is 10.1. The van der Waals surface area contributed by atoms with Gasteiger partial charge in [-0.1, -0.05) is 30.3 Å². The van der Waals surface area contributed by atoms with Crippen molar-refractivity contribution in [3.05, 3.63) is 65.7 Å². The summed E-state index contributed by atoms with van der Waals surface area (Å²) >= 11 is 0. The molecule has 0 unspecified atom stereocenters. The van der Waals surface area contributed by atoms with Gasteiger partial charge in [0.15, 0.2) is 5.78 Å². The van der Waals surface area contributed by atoms with E-state index >= 15 is 0 Å². The van der Waals surface area contributed by atoms with Crippen LogP contribution in [0.2, 0.25) is 0 Å². The molecular formula is C15H14N2O. The van der Waals surface area contributed by atoms with Crippen LogP contribution in [0, 0.1) is 0 Å². The highest BCUT2D eigenvalue weighted by molar-refractivity contribution is 6.07. The van der Waals surface area contributed by atoms with Crippen LogP contribution >= 0.6 is 0 Å². The molecule has 0 bridgehead atoms. The number of benzene rings is 2. The molecule has 2 rings (SSSR count). The highest BCUT2D eigenvalue weighted by atomic mass is 16.1. The molecule has 0 atom stereocenters. The zero-order valence-electron chi connectivity index (χ0n) is 9.84. The Kier molecular flexibility index (Phi) is 3.44. The first kappa shape index (κ1) is 11.9. The van der Waals surface area contributed by atoms with Crippen LogP contribution in [0.5, 0.6) is 0 Å². The van der Waals surface area contributed by atoms with Gasteiger partial charge in [0.2, 0.25) is 0 Å². The largest absolute Gasteiger partial charge is 0.399 e. The number of ketones is 1. The Hall–Kier alpha value is -2.55. The average molecular weight is 238 g/mol. The molecule has 0 aliphatic heterocycles. The van der Waals surface area contributed by atoms with Crippen molar-refractivity contribution in [3.8, 4) is 0 Å². The summed E-state index contributed by atoms with van der Waals surface area (Å²) in [5, 5.41) is 0. The number of rotatable bonds is 3. The molecule has 0 saturated carbocycles. The summed E-state index contributed by atoms with van der Waals surface area (Å²) in [5.41, 5.74) is 14.0. The molecular weight excluding hydrogens is 224 g/mol. The van der Waals surface area contributed by atoms with Gasteiger partial charge in [-0.05, 0) is 35.9 Å². The zero-order chi connectivity index (χ0) is 13.0. The molecule has 2 aromatic carbocycles. The summed E-state index contributed by atoms with van der Waals surface area (Å²) in [7, 11) is 0. The number of carbonyl (C=O) groups is 1. The van der Waals surface area contributed by atoms with Crippen molar-refractivity contribution >= 4 is 23.2 Å². The molecule has 90 valence electrons. The molecule has 0 aliphatic rings. The molecule has 0 aliphatic carbocycles. The van der Waals surface area contributed by atoms with Crippen LogP contribution in [-0.4, -0.2) is 5.78 Å². The van der Waals surface area contributed by atoms with E-state index in [4.69, 9.17) is 11.5 Å². The lowest BCUT2D eigenvalue weighted by Crippen LogP contribution is -1.95. The van der Waals surface area contributed by atoms with E-state index in [9.17, 15) is 4.79 Å². The van der Waals surface area contributed by atoms with Crippen LogP contribution in [0.15, 0.2) is 54.6 Å². The third-order valence-electron chi connectivity index (χ3n) is 2.51. The van der Waals surface area contributed by atoms with E-state index in [1.807, 2.05) is 18.2 Å². The van der Waals surface area contributed by atoms with Gasteiger partial charge in [-0.25, -0.2) is 0 Å². The van der Waals surface area contributed by atoms with E-state index in [-0.39, 0.29) is 5.78 Å². The smallest absolute Gasteiger partial charge is 0.185 e. The monoisotopic (exact) mass is 238 g/mol. The summed E-state index contributed by atoms with van der Waals surface area (Å²) in [6, 6.07) is 14.3. The zero-order valence-corrected chi connectivity index (χ0v) is 9.84. The number of nitrogen functional groups attached to an aromatic ring is 2. The topological polar surface area (TPSA) is 69.1 Å². The normalized spacial score (nSPS) is 10.7. The van der Waals surface area contributed by atoms with E-state index in [0.29, 0.717) is 16.9 Å². The summed E-state index contributed by atoms with van der Waals surface area (Å²) in [6.45, 7) is 0. The standard InChI is InChI=1S/C15H14N2O/c16-13-5-1-3-11(9-13)7-8-15(18)12-4-2-6-14(17)10-12/h1-10H,16-17H2/b8-7+. The number of hydrogen-bond acceptors (Lipinski definition) is 3. The predicted molar refractivity (Wildman–Crippen MR) is 75.1 cm³/mol. The molecule has 0 spiro atoms. The molecule has 0 fully saturated rings. The van der Waals surface area contributed by atoms with Crippen molar-refractivity contribution in [2.75, 3.05) is 11.5 Å². The van der Waals surface area contributed by atoms with E-state index in [0.717, 1.165) is 5.56 Å². The second-order valence-corrected chi connectivity index (χ2v) is 3.99. The molecule has 3 heteroatoms. The molecule has 0 heterocycles. The molecule has 4 N–H and O–H groups in total. The first-order valence-electron chi connectivity index (χ1n) is 5.58. The van der Waals surface area contributed by atoms with E-state index < -0.39 is 0 Å². The number of hydrogen-bond donors (Lipinski definition) is 2. The summed E-state index contributed by atoms with van der Waals surface area (Å²) in [5.74, 6) is -0.0790. The molecule has 2 aromatic rings. The Morgan fingerprint density at radius 2 is 1.61 bits per heavy atom. The van der Waals surface area contributed by atoms with Gasteiger partial charge in [-0.15, -0.1) is 0 Å². The lowest BCUT2D eigenvalue weighted by molar-refractivity contribution is 0.104. The van der Waals surface area contributed by atoms with Gasteiger partial charge in [0.1, 0.15) is 0 Å². The van der Waals surface area contributed by atoms with Gasteiger partial charge in [-0.3, -0.25) is 4.79 Å². The summed E-state index contributed by atoms with van der Waals surface area (Å²) < 4.78 is 0. The number of nitrogens with two attached hydrogens (primary N) is 2. The minimum Gasteiger partial charge on any atom is -0.399 e. The van der Waals surface area contributed by atoms with Gasteiger partial charge < -0.3 is 11.5 Å². The Labute approximate surface area is 106 Å². The molecule has 0 saturated heterocycles. The molecule has 0 amide bonds. The highest BCUT2D eigenvalue weighted by Gasteiger charge is 2.01. The maximum atomic E-state index is 11.9.